The number of hydrogen-bond acceptors (Lipinski definition) is 3. The molecule has 0 amide bonds. The molecule has 0 spiro atoms. The molecule has 3 nitrogen and oxygen atoms in total. The number of benzene rings is 2. The highest BCUT2D eigenvalue weighted by Crippen LogP contribution is 2.41. The predicted octanol–water partition coefficient (Wildman–Crippen LogP) is 5.02. The second-order valence-electron chi connectivity index (χ2n) is 6.31. The molecule has 1 N–H and O–H groups in total. The summed E-state index contributed by atoms with van der Waals surface area (Å²) < 4.78 is 45.6. The van der Waals surface area contributed by atoms with Crippen molar-refractivity contribution in [1.82, 2.24) is 10.2 Å². The first-order valence-corrected chi connectivity index (χ1v) is 9.21. The minimum Gasteiger partial charge on any atom is -0.496 e. The number of rotatable bonds is 4. The average Bonchev–Trinajstić information content (AvgIpc) is 2.63. The second-order valence-corrected chi connectivity index (χ2v) is 7.16. The molecule has 2 aromatic carbocycles. The van der Waals surface area contributed by atoms with Gasteiger partial charge in [-0.15, -0.1) is 0 Å². The fraction of sp³-hybridized carbons (Fsp3) is 0.368. The molecule has 0 aromatic heterocycles. The van der Waals surface area contributed by atoms with Gasteiger partial charge in [0.25, 0.3) is 0 Å². The fourth-order valence-corrected chi connectivity index (χ4v) is 3.78. The number of ether oxygens (including phenoxy) is 1. The summed E-state index contributed by atoms with van der Waals surface area (Å²) in [7, 11) is 1.53. The summed E-state index contributed by atoms with van der Waals surface area (Å²) in [5.41, 5.74) is 0.374. The first kappa shape index (κ1) is 20.3. The average molecular weight is 419 g/mol. The minimum atomic E-state index is -4.53. The Morgan fingerprint density at radius 2 is 1.78 bits per heavy atom. The van der Waals surface area contributed by atoms with Gasteiger partial charge in [-0.2, -0.15) is 13.2 Å². The zero-order valence-electron chi connectivity index (χ0n) is 14.6. The molecule has 1 aliphatic heterocycles. The van der Waals surface area contributed by atoms with Gasteiger partial charge in [0.05, 0.1) is 23.7 Å². The Hall–Kier alpha value is -1.47. The van der Waals surface area contributed by atoms with E-state index in [9.17, 15) is 13.2 Å². The predicted molar refractivity (Wildman–Crippen MR) is 101 cm³/mol. The van der Waals surface area contributed by atoms with Crippen LogP contribution in [0.3, 0.4) is 0 Å². The summed E-state index contributed by atoms with van der Waals surface area (Å²) in [5.74, 6) is 0.575. The maximum atomic E-state index is 13.4. The van der Waals surface area contributed by atoms with Crippen molar-refractivity contribution < 1.29 is 17.9 Å². The topological polar surface area (TPSA) is 24.5 Å². The van der Waals surface area contributed by atoms with Crippen molar-refractivity contribution in [1.29, 1.82) is 0 Å². The van der Waals surface area contributed by atoms with Crippen LogP contribution in [-0.4, -0.2) is 38.2 Å². The molecule has 27 heavy (non-hydrogen) atoms. The Morgan fingerprint density at radius 3 is 2.41 bits per heavy atom. The fourth-order valence-electron chi connectivity index (χ4n) is 3.38. The van der Waals surface area contributed by atoms with E-state index in [1.54, 1.807) is 24.3 Å². The highest BCUT2D eigenvalue weighted by atomic mass is 35.5. The van der Waals surface area contributed by atoms with Gasteiger partial charge in [0.1, 0.15) is 5.75 Å². The van der Waals surface area contributed by atoms with Gasteiger partial charge in [0, 0.05) is 36.8 Å². The summed E-state index contributed by atoms with van der Waals surface area (Å²) in [4.78, 5) is 2.12. The van der Waals surface area contributed by atoms with Gasteiger partial charge < -0.3 is 10.1 Å². The normalized spacial score (nSPS) is 17.0. The summed E-state index contributed by atoms with van der Waals surface area (Å²) in [6, 6.07) is 8.79. The molecule has 1 unspecified atom stereocenters. The Morgan fingerprint density at radius 1 is 1.07 bits per heavy atom. The van der Waals surface area contributed by atoms with Gasteiger partial charge in [-0.3, -0.25) is 4.90 Å². The van der Waals surface area contributed by atoms with Gasteiger partial charge in [-0.25, -0.2) is 0 Å². The third-order valence-electron chi connectivity index (χ3n) is 4.61. The zero-order chi connectivity index (χ0) is 19.6. The third kappa shape index (κ3) is 4.51. The summed E-state index contributed by atoms with van der Waals surface area (Å²) in [6.45, 7) is 2.87. The van der Waals surface area contributed by atoms with Gasteiger partial charge in [0.15, 0.2) is 0 Å². The Balaban J connectivity index is 2.15. The highest BCUT2D eigenvalue weighted by molar-refractivity contribution is 6.31. The minimum absolute atomic E-state index is 0.316. The molecular formula is C19H19Cl2F3N2O. The largest absolute Gasteiger partial charge is 0.496 e. The molecule has 1 aliphatic rings. The monoisotopic (exact) mass is 418 g/mol. The van der Waals surface area contributed by atoms with Crippen LogP contribution < -0.4 is 10.1 Å². The van der Waals surface area contributed by atoms with Crippen LogP contribution in [0.1, 0.15) is 22.7 Å². The molecule has 1 heterocycles. The number of nitrogens with one attached hydrogen (secondary N) is 1. The van der Waals surface area contributed by atoms with E-state index < -0.39 is 17.8 Å². The molecule has 0 radical (unpaired) electrons. The number of methoxy groups -OCH3 is 1. The number of hydrogen-bond donors (Lipinski definition) is 1. The Kier molecular flexibility index (Phi) is 6.21. The van der Waals surface area contributed by atoms with Crippen LogP contribution in [0.25, 0.3) is 0 Å². The lowest BCUT2D eigenvalue weighted by Crippen LogP contribution is -2.45. The van der Waals surface area contributed by atoms with Crippen LogP contribution in [0.15, 0.2) is 36.4 Å². The van der Waals surface area contributed by atoms with Crippen molar-refractivity contribution in [3.8, 4) is 5.75 Å². The first-order chi connectivity index (χ1) is 12.8. The van der Waals surface area contributed by atoms with Crippen molar-refractivity contribution in [3.63, 3.8) is 0 Å². The van der Waals surface area contributed by atoms with Gasteiger partial charge in [0.2, 0.25) is 0 Å². The van der Waals surface area contributed by atoms with Gasteiger partial charge >= 0.3 is 6.18 Å². The molecule has 2 aromatic rings. The van der Waals surface area contributed by atoms with E-state index in [1.807, 2.05) is 0 Å². The molecule has 0 bridgehead atoms. The molecule has 1 saturated heterocycles. The lowest BCUT2D eigenvalue weighted by Gasteiger charge is -2.36. The molecule has 0 saturated carbocycles. The Labute approximate surface area is 166 Å². The molecule has 3 rings (SSSR count). The van der Waals surface area contributed by atoms with Crippen LogP contribution in [-0.2, 0) is 6.18 Å². The van der Waals surface area contributed by atoms with E-state index in [-0.39, 0.29) is 5.02 Å². The quantitative estimate of drug-likeness (QED) is 0.754. The molecule has 8 heteroatoms. The van der Waals surface area contributed by atoms with E-state index in [2.05, 4.69) is 10.2 Å². The maximum absolute atomic E-state index is 13.4. The molecule has 1 fully saturated rings. The molecule has 146 valence electrons. The van der Waals surface area contributed by atoms with E-state index in [4.69, 9.17) is 27.9 Å². The SMILES string of the molecule is COc1ccc(Cl)cc1C(c1ccc(Cl)c(C(F)(F)F)c1)N1CCNCC1. The molecular weight excluding hydrogens is 400 g/mol. The van der Waals surface area contributed by atoms with Crippen molar-refractivity contribution in [2.24, 2.45) is 0 Å². The summed E-state index contributed by atoms with van der Waals surface area (Å²) in [5, 5.41) is 3.44. The van der Waals surface area contributed by atoms with Gasteiger partial charge in [-0.1, -0.05) is 29.3 Å². The van der Waals surface area contributed by atoms with E-state index in [0.717, 1.165) is 24.7 Å². The zero-order valence-corrected chi connectivity index (χ0v) is 16.1. The maximum Gasteiger partial charge on any atom is 0.417 e. The molecule has 1 atom stereocenters. The number of nitrogens with zero attached hydrogens (tertiary/aromatic N) is 1. The van der Waals surface area contributed by atoms with Crippen molar-refractivity contribution in [2.75, 3.05) is 33.3 Å². The Bertz CT molecular complexity index is 808. The van der Waals surface area contributed by atoms with Crippen LogP contribution in [0.5, 0.6) is 5.75 Å². The van der Waals surface area contributed by atoms with Gasteiger partial charge in [-0.05, 0) is 35.9 Å². The van der Waals surface area contributed by atoms with Crippen LogP contribution in [0.2, 0.25) is 10.0 Å². The summed E-state index contributed by atoms with van der Waals surface area (Å²) >= 11 is 12.0. The third-order valence-corrected chi connectivity index (χ3v) is 5.18. The summed E-state index contributed by atoms with van der Waals surface area (Å²) in [6.07, 6.45) is -4.53. The van der Waals surface area contributed by atoms with Crippen molar-refractivity contribution in [2.45, 2.75) is 12.2 Å². The number of piperazine rings is 1. The second kappa shape index (κ2) is 8.27. The van der Waals surface area contributed by atoms with Crippen LogP contribution in [0.4, 0.5) is 13.2 Å². The number of halogens is 5. The van der Waals surface area contributed by atoms with E-state index in [0.29, 0.717) is 29.4 Å². The van der Waals surface area contributed by atoms with E-state index in [1.165, 1.54) is 13.2 Å². The lowest BCUT2D eigenvalue weighted by atomic mass is 9.94. The van der Waals surface area contributed by atoms with Crippen LogP contribution in [0, 0.1) is 0 Å². The van der Waals surface area contributed by atoms with E-state index >= 15 is 0 Å². The van der Waals surface area contributed by atoms with Crippen LogP contribution >= 0.6 is 23.2 Å². The number of alkyl halides is 3. The lowest BCUT2D eigenvalue weighted by molar-refractivity contribution is -0.137. The van der Waals surface area contributed by atoms with Crippen molar-refractivity contribution in [3.05, 3.63) is 63.1 Å². The first-order valence-electron chi connectivity index (χ1n) is 8.46. The smallest absolute Gasteiger partial charge is 0.417 e. The molecule has 0 aliphatic carbocycles. The standard InChI is InChI=1S/C19H19Cl2F3N2O/c1-27-17-5-3-13(20)11-14(17)18(26-8-6-25-7-9-26)12-2-4-16(21)15(10-12)19(22,23)24/h2-5,10-11,18,25H,6-9H2,1H3. The van der Waals surface area contributed by atoms with Crippen molar-refractivity contribution >= 4 is 23.2 Å². The highest BCUT2D eigenvalue weighted by Gasteiger charge is 2.35.